The van der Waals surface area contributed by atoms with Crippen molar-refractivity contribution in [2.75, 3.05) is 6.54 Å². The fourth-order valence-electron chi connectivity index (χ4n) is 3.05. The molecular formula is C18H28N2O. The number of hydrogen-bond donors (Lipinski definition) is 2. The molecule has 1 aliphatic rings. The van der Waals surface area contributed by atoms with Crippen molar-refractivity contribution < 1.29 is 4.79 Å². The Morgan fingerprint density at radius 2 is 2.05 bits per heavy atom. The fraction of sp³-hybridized carbons (Fsp3) is 0.611. The van der Waals surface area contributed by atoms with Gasteiger partial charge in [0.25, 0.3) is 0 Å². The number of nitrogens with one attached hydrogen (secondary N) is 2. The fourth-order valence-corrected chi connectivity index (χ4v) is 3.05. The second-order valence-corrected chi connectivity index (χ2v) is 6.37. The lowest BCUT2D eigenvalue weighted by Crippen LogP contribution is -2.50. The first-order chi connectivity index (χ1) is 10.1. The molecule has 21 heavy (non-hydrogen) atoms. The number of piperidine rings is 1. The Balaban J connectivity index is 2.05. The Labute approximate surface area is 128 Å². The molecule has 1 heterocycles. The largest absolute Gasteiger partial charge is 0.352 e. The van der Waals surface area contributed by atoms with Crippen LogP contribution in [0.4, 0.5) is 0 Å². The minimum Gasteiger partial charge on any atom is -0.352 e. The summed E-state index contributed by atoms with van der Waals surface area (Å²) in [5.74, 6) is 0.482. The van der Waals surface area contributed by atoms with Crippen molar-refractivity contribution in [1.29, 1.82) is 0 Å². The van der Waals surface area contributed by atoms with Crippen LogP contribution in [0.1, 0.15) is 51.5 Å². The van der Waals surface area contributed by atoms with Gasteiger partial charge in [-0.05, 0) is 31.2 Å². The van der Waals surface area contributed by atoms with Gasteiger partial charge in [0.1, 0.15) is 0 Å². The third-order valence-corrected chi connectivity index (χ3v) is 4.66. The van der Waals surface area contributed by atoms with Crippen LogP contribution in [0.3, 0.4) is 0 Å². The van der Waals surface area contributed by atoms with Gasteiger partial charge >= 0.3 is 0 Å². The van der Waals surface area contributed by atoms with Gasteiger partial charge in [-0.1, -0.05) is 50.6 Å². The maximum atomic E-state index is 12.8. The van der Waals surface area contributed by atoms with Crippen molar-refractivity contribution in [2.24, 2.45) is 5.92 Å². The standard InChI is InChI=1S/C18H28N2O/c1-4-13(2)17(15-8-6-5-7-9-15)18(21)20-16-11-10-14(3)19-12-16/h5-9,13-14,16-17,19H,4,10-12H2,1-3H3,(H,20,21). The van der Waals surface area contributed by atoms with E-state index in [0.29, 0.717) is 12.0 Å². The first kappa shape index (κ1) is 16.0. The maximum Gasteiger partial charge on any atom is 0.228 e. The normalized spacial score (nSPS) is 25.1. The van der Waals surface area contributed by atoms with E-state index < -0.39 is 0 Å². The lowest BCUT2D eigenvalue weighted by Gasteiger charge is -2.31. The molecule has 0 aromatic heterocycles. The summed E-state index contributed by atoms with van der Waals surface area (Å²) < 4.78 is 0. The van der Waals surface area contributed by atoms with E-state index in [1.165, 1.54) is 0 Å². The zero-order chi connectivity index (χ0) is 15.2. The molecule has 1 aromatic rings. The van der Waals surface area contributed by atoms with Gasteiger partial charge in [0.05, 0.1) is 5.92 Å². The molecule has 1 aromatic carbocycles. The van der Waals surface area contributed by atoms with Crippen molar-refractivity contribution in [2.45, 2.75) is 58.0 Å². The first-order valence-corrected chi connectivity index (χ1v) is 8.20. The summed E-state index contributed by atoms with van der Waals surface area (Å²) in [6.07, 6.45) is 3.21. The number of carbonyl (C=O) groups is 1. The summed E-state index contributed by atoms with van der Waals surface area (Å²) in [6.45, 7) is 7.40. The van der Waals surface area contributed by atoms with Crippen LogP contribution in [0.2, 0.25) is 0 Å². The lowest BCUT2D eigenvalue weighted by atomic mass is 9.84. The third kappa shape index (κ3) is 4.31. The molecule has 0 saturated carbocycles. The van der Waals surface area contributed by atoms with Crippen LogP contribution in [0.25, 0.3) is 0 Å². The zero-order valence-electron chi connectivity index (χ0n) is 13.4. The summed E-state index contributed by atoms with van der Waals surface area (Å²) in [7, 11) is 0. The molecule has 3 heteroatoms. The molecule has 4 unspecified atom stereocenters. The average molecular weight is 288 g/mol. The highest BCUT2D eigenvalue weighted by molar-refractivity contribution is 5.84. The Morgan fingerprint density at radius 3 is 2.62 bits per heavy atom. The topological polar surface area (TPSA) is 41.1 Å². The number of hydrogen-bond acceptors (Lipinski definition) is 2. The summed E-state index contributed by atoms with van der Waals surface area (Å²) in [4.78, 5) is 12.8. The third-order valence-electron chi connectivity index (χ3n) is 4.66. The quantitative estimate of drug-likeness (QED) is 0.874. The van der Waals surface area contributed by atoms with Crippen LogP contribution in [-0.4, -0.2) is 24.5 Å². The Kier molecular flexibility index (Phi) is 5.80. The van der Waals surface area contributed by atoms with E-state index in [9.17, 15) is 4.79 Å². The van der Waals surface area contributed by atoms with E-state index in [-0.39, 0.29) is 17.9 Å². The highest BCUT2D eigenvalue weighted by Gasteiger charge is 2.28. The maximum absolute atomic E-state index is 12.8. The highest BCUT2D eigenvalue weighted by Crippen LogP contribution is 2.27. The highest BCUT2D eigenvalue weighted by atomic mass is 16.2. The van der Waals surface area contributed by atoms with Crippen molar-refractivity contribution in [1.82, 2.24) is 10.6 Å². The second-order valence-electron chi connectivity index (χ2n) is 6.37. The summed E-state index contributed by atoms with van der Waals surface area (Å²) in [6, 6.07) is 11.0. The predicted octanol–water partition coefficient (Wildman–Crippen LogP) is 3.07. The minimum atomic E-state index is -0.0458. The predicted molar refractivity (Wildman–Crippen MR) is 87.3 cm³/mol. The van der Waals surface area contributed by atoms with Crippen LogP contribution in [0.15, 0.2) is 30.3 Å². The molecule has 2 rings (SSSR count). The van der Waals surface area contributed by atoms with Crippen LogP contribution in [0, 0.1) is 5.92 Å². The molecule has 1 aliphatic heterocycles. The number of amides is 1. The molecule has 1 amide bonds. The Bertz CT molecular complexity index is 438. The molecule has 0 bridgehead atoms. The monoisotopic (exact) mass is 288 g/mol. The lowest BCUT2D eigenvalue weighted by molar-refractivity contribution is -0.124. The molecular weight excluding hydrogens is 260 g/mol. The van der Waals surface area contributed by atoms with Gasteiger partial charge in [-0.2, -0.15) is 0 Å². The van der Waals surface area contributed by atoms with E-state index in [0.717, 1.165) is 31.4 Å². The van der Waals surface area contributed by atoms with E-state index in [4.69, 9.17) is 0 Å². The van der Waals surface area contributed by atoms with Gasteiger partial charge in [0.2, 0.25) is 5.91 Å². The molecule has 116 valence electrons. The number of rotatable bonds is 5. The average Bonchev–Trinajstić information content (AvgIpc) is 2.50. The molecule has 0 spiro atoms. The van der Waals surface area contributed by atoms with E-state index >= 15 is 0 Å². The molecule has 2 N–H and O–H groups in total. The van der Waals surface area contributed by atoms with Gasteiger partial charge in [0, 0.05) is 18.6 Å². The zero-order valence-corrected chi connectivity index (χ0v) is 13.4. The van der Waals surface area contributed by atoms with Crippen molar-refractivity contribution in [3.05, 3.63) is 35.9 Å². The molecule has 1 saturated heterocycles. The number of benzene rings is 1. The molecule has 3 nitrogen and oxygen atoms in total. The van der Waals surface area contributed by atoms with Crippen molar-refractivity contribution in [3.8, 4) is 0 Å². The van der Waals surface area contributed by atoms with Crippen LogP contribution in [0.5, 0.6) is 0 Å². The van der Waals surface area contributed by atoms with E-state index in [1.807, 2.05) is 18.2 Å². The SMILES string of the molecule is CCC(C)C(C(=O)NC1CCC(C)NC1)c1ccccc1. The Morgan fingerprint density at radius 1 is 1.33 bits per heavy atom. The molecule has 0 aliphatic carbocycles. The second kappa shape index (κ2) is 7.60. The molecule has 0 radical (unpaired) electrons. The smallest absolute Gasteiger partial charge is 0.228 e. The van der Waals surface area contributed by atoms with Crippen LogP contribution in [-0.2, 0) is 4.79 Å². The molecule has 4 atom stereocenters. The van der Waals surface area contributed by atoms with Crippen LogP contribution < -0.4 is 10.6 Å². The summed E-state index contributed by atoms with van der Waals surface area (Å²) in [5.41, 5.74) is 1.13. The van der Waals surface area contributed by atoms with E-state index in [1.54, 1.807) is 0 Å². The first-order valence-electron chi connectivity index (χ1n) is 8.20. The van der Waals surface area contributed by atoms with Gasteiger partial charge in [0.15, 0.2) is 0 Å². The Hall–Kier alpha value is -1.35. The van der Waals surface area contributed by atoms with Gasteiger partial charge in [-0.25, -0.2) is 0 Å². The van der Waals surface area contributed by atoms with Gasteiger partial charge in [-0.15, -0.1) is 0 Å². The minimum absolute atomic E-state index is 0.0458. The molecule has 1 fully saturated rings. The van der Waals surface area contributed by atoms with E-state index in [2.05, 4.69) is 43.5 Å². The summed E-state index contributed by atoms with van der Waals surface area (Å²) >= 11 is 0. The van der Waals surface area contributed by atoms with Crippen molar-refractivity contribution >= 4 is 5.91 Å². The summed E-state index contributed by atoms with van der Waals surface area (Å²) in [5, 5.41) is 6.70. The van der Waals surface area contributed by atoms with Crippen molar-refractivity contribution in [3.63, 3.8) is 0 Å². The van der Waals surface area contributed by atoms with Gasteiger partial charge < -0.3 is 10.6 Å². The number of carbonyl (C=O) groups excluding carboxylic acids is 1. The van der Waals surface area contributed by atoms with Gasteiger partial charge in [-0.3, -0.25) is 4.79 Å². The van der Waals surface area contributed by atoms with Crippen LogP contribution >= 0.6 is 0 Å².